The van der Waals surface area contributed by atoms with E-state index in [1.165, 1.54) is 12.0 Å². The monoisotopic (exact) mass is 182 g/mol. The van der Waals surface area contributed by atoms with E-state index in [0.717, 1.165) is 49.0 Å². The van der Waals surface area contributed by atoms with Gasteiger partial charge in [0, 0.05) is 0 Å². The zero-order valence-electron chi connectivity index (χ0n) is 7.67. The molecule has 1 aliphatic carbocycles. The summed E-state index contributed by atoms with van der Waals surface area (Å²) in [6, 6.07) is 8.78. The first kappa shape index (κ1) is 9.16. The van der Waals surface area contributed by atoms with Gasteiger partial charge in [-0.05, 0) is 0 Å². The first-order valence-corrected chi connectivity index (χ1v) is 6.11. The molecule has 0 aliphatic heterocycles. The van der Waals surface area contributed by atoms with Gasteiger partial charge in [-0.25, -0.2) is 0 Å². The molecule has 0 amide bonds. The summed E-state index contributed by atoms with van der Waals surface area (Å²) in [7, 11) is 0. The van der Waals surface area contributed by atoms with Crippen molar-refractivity contribution in [1.82, 2.24) is 0 Å². The van der Waals surface area contributed by atoms with Crippen molar-refractivity contribution in [2.75, 3.05) is 0 Å². The molecule has 0 fully saturated rings. The summed E-state index contributed by atoms with van der Waals surface area (Å²) in [5.41, 5.74) is 3.00. The maximum atomic E-state index is 2.40. The van der Waals surface area contributed by atoms with Crippen LogP contribution in [0.15, 0.2) is 30.3 Å². The van der Waals surface area contributed by atoms with Crippen molar-refractivity contribution in [3.8, 4) is 0 Å². The fourth-order valence-corrected chi connectivity index (χ4v) is 2.81. The van der Waals surface area contributed by atoms with Gasteiger partial charge in [0.05, 0.1) is 0 Å². The fourth-order valence-electron chi connectivity index (χ4n) is 1.83. The fraction of sp³-hybridized carbons (Fsp3) is 0.273. The summed E-state index contributed by atoms with van der Waals surface area (Å²) in [6.07, 6.45) is 5.95. The number of fused-ring (bicyclic) bond motifs is 1. The molecular weight excluding hydrogens is 171 g/mol. The molecule has 0 N–H and O–H groups in total. The van der Waals surface area contributed by atoms with Crippen LogP contribution >= 0.6 is 0 Å². The average Bonchev–Trinajstić information content (AvgIpc) is 2.46. The van der Waals surface area contributed by atoms with E-state index in [2.05, 4.69) is 43.3 Å². The van der Waals surface area contributed by atoms with Gasteiger partial charge in [0.25, 0.3) is 0 Å². The quantitative estimate of drug-likeness (QED) is 0.585. The van der Waals surface area contributed by atoms with Crippen molar-refractivity contribution in [1.29, 1.82) is 0 Å². The molecule has 1 heteroatoms. The van der Waals surface area contributed by atoms with E-state index in [0.29, 0.717) is -0.490 Å². The second kappa shape index (κ2) is 3.39. The second-order valence-electron chi connectivity index (χ2n) is 3.69. The van der Waals surface area contributed by atoms with Gasteiger partial charge in [0.2, 0.25) is 0 Å². The SMILES string of the molecule is CC[C]1([K])C=Cc2ccccc21. The molecule has 0 bridgehead atoms. The van der Waals surface area contributed by atoms with Crippen molar-refractivity contribution < 1.29 is 0 Å². The van der Waals surface area contributed by atoms with Crippen LogP contribution in [0.1, 0.15) is 24.5 Å². The van der Waals surface area contributed by atoms with E-state index in [1.54, 1.807) is 5.56 Å². The molecule has 0 radical (unpaired) electrons. The molecule has 1 unspecified atom stereocenters. The molecule has 1 aliphatic rings. The number of benzene rings is 1. The summed E-state index contributed by atoms with van der Waals surface area (Å²) < 4.78 is 0.476. The summed E-state index contributed by atoms with van der Waals surface area (Å²) in [5, 5.41) is 0. The standard InChI is InChI=1S/C11H11.K/c1-2-9-7-8-10-5-3-4-6-11(9)10;/h3-8H,2H2,1H3;. The number of hydrogen-bond acceptors (Lipinski definition) is 0. The van der Waals surface area contributed by atoms with Crippen LogP contribution < -0.4 is 0 Å². The molecule has 1 aromatic rings. The van der Waals surface area contributed by atoms with Gasteiger partial charge in [-0.15, -0.1) is 0 Å². The van der Waals surface area contributed by atoms with Crippen LogP contribution in [0, 0.1) is 0 Å². The maximum absolute atomic E-state index is 2.40. The second-order valence-corrected chi connectivity index (χ2v) is 6.48. The number of hydrogen-bond donors (Lipinski definition) is 0. The summed E-state index contributed by atoms with van der Waals surface area (Å²) in [4.78, 5) is 0. The molecular formula is C11H11K. The van der Waals surface area contributed by atoms with Gasteiger partial charge in [-0.2, -0.15) is 0 Å². The first-order chi connectivity index (χ1) is 5.76. The zero-order valence-corrected chi connectivity index (χ0v) is 10.8. The average molecular weight is 182 g/mol. The Morgan fingerprint density at radius 3 is 2.83 bits per heavy atom. The van der Waals surface area contributed by atoms with Crippen molar-refractivity contribution in [3.63, 3.8) is 0 Å². The van der Waals surface area contributed by atoms with Crippen molar-refractivity contribution in [3.05, 3.63) is 41.5 Å². The van der Waals surface area contributed by atoms with E-state index in [-0.39, 0.29) is 0 Å². The van der Waals surface area contributed by atoms with Gasteiger partial charge in [-0.3, -0.25) is 0 Å². The Morgan fingerprint density at radius 1 is 1.33 bits per heavy atom. The van der Waals surface area contributed by atoms with Gasteiger partial charge in [0.15, 0.2) is 0 Å². The summed E-state index contributed by atoms with van der Waals surface area (Å²) in [6.45, 7) is 2.29. The molecule has 56 valence electrons. The molecule has 0 spiro atoms. The Labute approximate surface area is 108 Å². The van der Waals surface area contributed by atoms with Gasteiger partial charge in [0.1, 0.15) is 0 Å². The van der Waals surface area contributed by atoms with E-state index in [1.807, 2.05) is 0 Å². The van der Waals surface area contributed by atoms with E-state index >= 15 is 0 Å². The third-order valence-corrected chi connectivity index (χ3v) is 5.41. The summed E-state index contributed by atoms with van der Waals surface area (Å²) in [5.74, 6) is 0. The Bertz CT molecular complexity index is 328. The van der Waals surface area contributed by atoms with Crippen LogP contribution in [-0.2, 0) is -0.490 Å². The van der Waals surface area contributed by atoms with Gasteiger partial charge in [-0.1, -0.05) is 0 Å². The normalized spacial score (nSPS) is 25.9. The number of rotatable bonds is 1. The van der Waals surface area contributed by atoms with Crippen molar-refractivity contribution in [2.24, 2.45) is 0 Å². The van der Waals surface area contributed by atoms with Crippen LogP contribution in [0.5, 0.6) is 0 Å². The summed E-state index contributed by atoms with van der Waals surface area (Å²) >= 11 is 0.845. The molecule has 2 rings (SSSR count). The van der Waals surface area contributed by atoms with Gasteiger partial charge < -0.3 is 0 Å². The van der Waals surface area contributed by atoms with Crippen LogP contribution in [-0.4, -0.2) is 49.0 Å². The third kappa shape index (κ3) is 1.38. The van der Waals surface area contributed by atoms with Gasteiger partial charge >= 0.3 is 109 Å². The number of allylic oxidation sites excluding steroid dienone is 1. The Kier molecular flexibility index (Phi) is 2.59. The molecule has 0 aromatic heterocycles. The zero-order chi connectivity index (χ0) is 8.60. The third-order valence-electron chi connectivity index (χ3n) is 2.94. The Morgan fingerprint density at radius 2 is 2.08 bits per heavy atom. The molecule has 0 nitrogen and oxygen atoms in total. The predicted molar refractivity (Wildman–Crippen MR) is 53.2 cm³/mol. The minimum atomic E-state index is 0.476. The molecule has 1 aromatic carbocycles. The van der Waals surface area contributed by atoms with E-state index in [4.69, 9.17) is 0 Å². The molecule has 1 atom stereocenters. The molecule has 0 saturated carbocycles. The van der Waals surface area contributed by atoms with Crippen LogP contribution in [0.25, 0.3) is 6.08 Å². The van der Waals surface area contributed by atoms with Crippen molar-refractivity contribution in [2.45, 2.75) is 12.9 Å². The van der Waals surface area contributed by atoms with Crippen molar-refractivity contribution >= 4 is 55.0 Å². The molecule has 12 heavy (non-hydrogen) atoms. The topological polar surface area (TPSA) is 0 Å². The van der Waals surface area contributed by atoms with Crippen LogP contribution in [0.2, 0.25) is 0 Å². The predicted octanol–water partition coefficient (Wildman–Crippen LogP) is 2.49. The van der Waals surface area contributed by atoms with Crippen LogP contribution in [0.4, 0.5) is 0 Å². The Hall–Kier alpha value is 0.596. The molecule has 0 heterocycles. The molecule has 0 saturated heterocycles. The van der Waals surface area contributed by atoms with E-state index in [9.17, 15) is 0 Å². The van der Waals surface area contributed by atoms with Crippen LogP contribution in [0.3, 0.4) is 0 Å². The Balaban J connectivity index is 2.56. The van der Waals surface area contributed by atoms with E-state index < -0.39 is 0 Å². The first-order valence-electron chi connectivity index (χ1n) is 4.55. The minimum absolute atomic E-state index is 0.476.